The molecule has 98 valence electrons. The Morgan fingerprint density at radius 3 is 2.79 bits per heavy atom. The maximum Gasteiger partial charge on any atom is 0.198 e. The third-order valence-electron chi connectivity index (χ3n) is 3.30. The van der Waals surface area contributed by atoms with Crippen LogP contribution < -0.4 is 10.1 Å². The van der Waals surface area contributed by atoms with Gasteiger partial charge in [-0.1, -0.05) is 41.9 Å². The number of hydrogen-bond donors (Lipinski definition) is 1. The van der Waals surface area contributed by atoms with Crippen molar-refractivity contribution in [2.45, 2.75) is 18.4 Å². The molecule has 0 radical (unpaired) electrons. The highest BCUT2D eigenvalue weighted by Crippen LogP contribution is 2.44. The van der Waals surface area contributed by atoms with Crippen molar-refractivity contribution < 1.29 is 4.74 Å². The highest BCUT2D eigenvalue weighted by Gasteiger charge is 2.39. The van der Waals surface area contributed by atoms with Crippen molar-refractivity contribution in [3.05, 3.63) is 47.4 Å². The number of anilines is 1. The molecule has 5 heteroatoms. The Morgan fingerprint density at radius 2 is 2.05 bits per heavy atom. The maximum atomic E-state index is 5.97. The van der Waals surface area contributed by atoms with Gasteiger partial charge in [-0.05, 0) is 12.0 Å². The van der Waals surface area contributed by atoms with E-state index in [0.717, 1.165) is 6.42 Å². The van der Waals surface area contributed by atoms with Gasteiger partial charge in [0.1, 0.15) is 6.33 Å². The normalized spacial score (nSPS) is 20.9. The predicted octanol–water partition coefficient (Wildman–Crippen LogP) is 3.11. The molecule has 2 aromatic rings. The molecule has 0 amide bonds. The topological polar surface area (TPSA) is 47.0 Å². The quantitative estimate of drug-likeness (QED) is 0.871. The van der Waals surface area contributed by atoms with Crippen molar-refractivity contribution in [3.63, 3.8) is 0 Å². The second kappa shape index (κ2) is 5.05. The minimum Gasteiger partial charge on any atom is -0.490 e. The molecule has 1 aromatic heterocycles. The van der Waals surface area contributed by atoms with Crippen molar-refractivity contribution in [3.8, 4) is 5.75 Å². The molecule has 1 fully saturated rings. The Labute approximate surface area is 116 Å². The third-order valence-corrected chi connectivity index (χ3v) is 3.57. The predicted molar refractivity (Wildman–Crippen MR) is 74.8 cm³/mol. The first kappa shape index (κ1) is 12.2. The van der Waals surface area contributed by atoms with Gasteiger partial charge in [-0.3, -0.25) is 0 Å². The average molecular weight is 276 g/mol. The number of halogens is 1. The molecule has 0 saturated heterocycles. The van der Waals surface area contributed by atoms with Gasteiger partial charge in [-0.15, -0.1) is 0 Å². The van der Waals surface area contributed by atoms with Crippen LogP contribution in [0.5, 0.6) is 5.75 Å². The highest BCUT2D eigenvalue weighted by molar-refractivity contribution is 6.31. The molecule has 1 aromatic carbocycles. The van der Waals surface area contributed by atoms with E-state index in [4.69, 9.17) is 16.3 Å². The van der Waals surface area contributed by atoms with Gasteiger partial charge in [-0.2, -0.15) is 0 Å². The number of nitrogens with zero attached hydrogens (tertiary/aromatic N) is 2. The van der Waals surface area contributed by atoms with Crippen molar-refractivity contribution in [2.75, 3.05) is 12.4 Å². The Hall–Kier alpha value is -1.81. The fourth-order valence-corrected chi connectivity index (χ4v) is 2.45. The van der Waals surface area contributed by atoms with Crippen LogP contribution in [0.3, 0.4) is 0 Å². The van der Waals surface area contributed by atoms with Crippen molar-refractivity contribution >= 4 is 17.4 Å². The zero-order valence-corrected chi connectivity index (χ0v) is 11.3. The summed E-state index contributed by atoms with van der Waals surface area (Å²) in [6, 6.07) is 10.8. The molecule has 1 saturated carbocycles. The largest absolute Gasteiger partial charge is 0.490 e. The Balaban J connectivity index is 1.73. The summed E-state index contributed by atoms with van der Waals surface area (Å²) >= 11 is 5.97. The molecule has 0 spiro atoms. The molecule has 0 bridgehead atoms. The van der Waals surface area contributed by atoms with Gasteiger partial charge in [0.05, 0.1) is 7.11 Å². The highest BCUT2D eigenvalue weighted by atomic mass is 35.5. The van der Waals surface area contributed by atoms with Gasteiger partial charge in [0.25, 0.3) is 0 Å². The third kappa shape index (κ3) is 2.49. The first-order valence-corrected chi connectivity index (χ1v) is 6.53. The summed E-state index contributed by atoms with van der Waals surface area (Å²) in [5.74, 6) is 1.69. The van der Waals surface area contributed by atoms with Crippen LogP contribution in [0, 0.1) is 0 Å². The van der Waals surface area contributed by atoms with E-state index in [2.05, 4.69) is 39.6 Å². The van der Waals surface area contributed by atoms with E-state index >= 15 is 0 Å². The summed E-state index contributed by atoms with van der Waals surface area (Å²) in [5, 5.41) is 3.69. The molecule has 1 aliphatic rings. The van der Waals surface area contributed by atoms with Gasteiger partial charge in [0.2, 0.25) is 0 Å². The molecular weight excluding hydrogens is 262 g/mol. The molecular formula is C14H14ClN3O. The first-order chi connectivity index (χ1) is 9.29. The number of ether oxygens (including phenoxy) is 1. The number of benzene rings is 1. The SMILES string of the molecule is COc1c(Cl)ncnc1NC1CC1c1ccccc1. The summed E-state index contributed by atoms with van der Waals surface area (Å²) < 4.78 is 5.23. The molecule has 3 rings (SSSR count). The summed E-state index contributed by atoms with van der Waals surface area (Å²) in [5.41, 5.74) is 1.35. The second-order valence-electron chi connectivity index (χ2n) is 4.55. The molecule has 1 heterocycles. The lowest BCUT2D eigenvalue weighted by molar-refractivity contribution is 0.413. The zero-order valence-electron chi connectivity index (χ0n) is 10.5. The smallest absolute Gasteiger partial charge is 0.198 e. The van der Waals surface area contributed by atoms with Crippen LogP contribution in [0.1, 0.15) is 17.9 Å². The van der Waals surface area contributed by atoms with Crippen LogP contribution in [0.2, 0.25) is 5.15 Å². The lowest BCUT2D eigenvalue weighted by atomic mass is 10.1. The molecule has 4 nitrogen and oxygen atoms in total. The fourth-order valence-electron chi connectivity index (χ4n) is 2.23. The number of hydrogen-bond acceptors (Lipinski definition) is 4. The van der Waals surface area contributed by atoms with Gasteiger partial charge >= 0.3 is 0 Å². The number of aromatic nitrogens is 2. The van der Waals surface area contributed by atoms with Gasteiger partial charge in [0, 0.05) is 12.0 Å². The molecule has 1 N–H and O–H groups in total. The Morgan fingerprint density at radius 1 is 1.26 bits per heavy atom. The van der Waals surface area contributed by atoms with Crippen LogP contribution in [0.4, 0.5) is 5.82 Å². The summed E-state index contributed by atoms with van der Waals surface area (Å²) in [7, 11) is 1.57. The van der Waals surface area contributed by atoms with Crippen molar-refractivity contribution in [2.24, 2.45) is 0 Å². The number of methoxy groups -OCH3 is 1. The van der Waals surface area contributed by atoms with E-state index in [0.29, 0.717) is 28.7 Å². The minimum absolute atomic E-state index is 0.330. The van der Waals surface area contributed by atoms with Gasteiger partial charge in [-0.25, -0.2) is 9.97 Å². The average Bonchev–Trinajstić information content (AvgIpc) is 3.19. The van der Waals surface area contributed by atoms with Gasteiger partial charge < -0.3 is 10.1 Å². The van der Waals surface area contributed by atoms with Crippen LogP contribution in [-0.4, -0.2) is 23.1 Å². The Kier molecular flexibility index (Phi) is 3.25. The van der Waals surface area contributed by atoms with Crippen LogP contribution in [0.25, 0.3) is 0 Å². The zero-order chi connectivity index (χ0) is 13.2. The monoisotopic (exact) mass is 275 g/mol. The van der Waals surface area contributed by atoms with E-state index in [-0.39, 0.29) is 0 Å². The lowest BCUT2D eigenvalue weighted by Gasteiger charge is -2.10. The molecule has 1 aliphatic carbocycles. The molecule has 19 heavy (non-hydrogen) atoms. The molecule has 2 unspecified atom stereocenters. The minimum atomic E-state index is 0.330. The van der Waals surface area contributed by atoms with E-state index in [1.165, 1.54) is 11.9 Å². The van der Waals surface area contributed by atoms with E-state index in [1.807, 2.05) is 6.07 Å². The van der Waals surface area contributed by atoms with Crippen molar-refractivity contribution in [1.82, 2.24) is 9.97 Å². The van der Waals surface area contributed by atoms with Crippen LogP contribution >= 0.6 is 11.6 Å². The summed E-state index contributed by atoms with van der Waals surface area (Å²) in [6.07, 6.45) is 2.53. The lowest BCUT2D eigenvalue weighted by Crippen LogP contribution is -2.08. The van der Waals surface area contributed by atoms with E-state index < -0.39 is 0 Å². The van der Waals surface area contributed by atoms with Gasteiger partial charge in [0.15, 0.2) is 16.7 Å². The van der Waals surface area contributed by atoms with E-state index in [9.17, 15) is 0 Å². The Bertz CT molecular complexity index is 576. The standard InChI is InChI=1S/C14H14ClN3O/c1-19-12-13(15)16-8-17-14(12)18-11-7-10(11)9-5-3-2-4-6-9/h2-6,8,10-11H,7H2,1H3,(H,16,17,18). The number of rotatable bonds is 4. The van der Waals surface area contributed by atoms with Crippen LogP contribution in [0.15, 0.2) is 36.7 Å². The first-order valence-electron chi connectivity index (χ1n) is 6.15. The summed E-state index contributed by atoms with van der Waals surface area (Å²) in [4.78, 5) is 8.09. The summed E-state index contributed by atoms with van der Waals surface area (Å²) in [6.45, 7) is 0. The molecule has 2 atom stereocenters. The fraction of sp³-hybridized carbons (Fsp3) is 0.286. The molecule has 0 aliphatic heterocycles. The van der Waals surface area contributed by atoms with Crippen molar-refractivity contribution in [1.29, 1.82) is 0 Å². The number of nitrogens with one attached hydrogen (secondary N) is 1. The maximum absolute atomic E-state index is 5.97. The second-order valence-corrected chi connectivity index (χ2v) is 4.91. The van der Waals surface area contributed by atoms with E-state index in [1.54, 1.807) is 7.11 Å². The van der Waals surface area contributed by atoms with Crippen LogP contribution in [-0.2, 0) is 0 Å².